The van der Waals surface area contributed by atoms with Gasteiger partial charge in [-0.2, -0.15) is 0 Å². The third kappa shape index (κ3) is 2.98. The van der Waals surface area contributed by atoms with Gasteiger partial charge in [-0.25, -0.2) is 9.36 Å². The normalized spacial score (nSPS) is 10.6. The first-order valence-corrected chi connectivity index (χ1v) is 7.41. The van der Waals surface area contributed by atoms with Crippen molar-refractivity contribution in [3.8, 4) is 0 Å². The molecule has 0 aliphatic heterocycles. The molecule has 22 heavy (non-hydrogen) atoms. The van der Waals surface area contributed by atoms with Crippen LogP contribution >= 0.6 is 0 Å². The van der Waals surface area contributed by atoms with Crippen LogP contribution in [-0.2, 0) is 11.3 Å². The van der Waals surface area contributed by atoms with Crippen molar-refractivity contribution in [3.05, 3.63) is 78.1 Å². The highest BCUT2D eigenvalue weighted by Gasteiger charge is 2.10. The Labute approximate surface area is 129 Å². The average Bonchev–Trinajstić information content (AvgIpc) is 2.56. The highest BCUT2D eigenvalue weighted by Crippen LogP contribution is 2.18. The molecule has 1 aromatic heterocycles. The van der Waals surface area contributed by atoms with Gasteiger partial charge in [0.1, 0.15) is 0 Å². The van der Waals surface area contributed by atoms with Crippen LogP contribution in [0.3, 0.4) is 0 Å². The summed E-state index contributed by atoms with van der Waals surface area (Å²) in [5.74, 6) is -0.278. The Morgan fingerprint density at radius 2 is 1.73 bits per heavy atom. The predicted octanol–water partition coefficient (Wildman–Crippen LogP) is 3.35. The van der Waals surface area contributed by atoms with E-state index < -0.39 is 0 Å². The minimum atomic E-state index is -0.278. The van der Waals surface area contributed by atoms with Crippen LogP contribution in [0.1, 0.15) is 22.8 Å². The molecule has 0 N–H and O–H groups in total. The molecule has 0 spiro atoms. The molecular formula is C19H18NO2+. The van der Waals surface area contributed by atoms with Crippen LogP contribution in [0.5, 0.6) is 0 Å². The Balaban J connectivity index is 1.85. The first-order chi connectivity index (χ1) is 10.8. The lowest BCUT2D eigenvalue weighted by atomic mass is 10.0. The molecule has 0 radical (unpaired) electrons. The summed E-state index contributed by atoms with van der Waals surface area (Å²) in [5, 5.41) is 2.50. The number of carbonyl (C=O) groups excluding carboxylic acids is 1. The van der Waals surface area contributed by atoms with Crippen molar-refractivity contribution in [2.45, 2.75) is 13.5 Å². The molecule has 110 valence electrons. The van der Waals surface area contributed by atoms with Crippen molar-refractivity contribution in [3.63, 3.8) is 0 Å². The molecule has 0 saturated heterocycles. The number of fused-ring (bicyclic) bond motifs is 1. The maximum atomic E-state index is 11.7. The Hall–Kier alpha value is -2.68. The number of carbonyl (C=O) groups is 1. The molecule has 0 atom stereocenters. The molecule has 0 amide bonds. The first-order valence-electron chi connectivity index (χ1n) is 7.41. The summed E-state index contributed by atoms with van der Waals surface area (Å²) in [6.45, 7) is 2.97. The highest BCUT2D eigenvalue weighted by molar-refractivity contribution is 5.89. The highest BCUT2D eigenvalue weighted by atomic mass is 16.5. The minimum Gasteiger partial charge on any atom is -0.462 e. The van der Waals surface area contributed by atoms with Crippen molar-refractivity contribution in [2.24, 2.45) is 0 Å². The van der Waals surface area contributed by atoms with E-state index in [0.29, 0.717) is 12.2 Å². The van der Waals surface area contributed by atoms with Gasteiger partial charge in [-0.1, -0.05) is 42.5 Å². The van der Waals surface area contributed by atoms with E-state index in [9.17, 15) is 4.79 Å². The molecule has 3 heteroatoms. The molecule has 1 heterocycles. The number of rotatable bonds is 4. The number of nitrogens with zero attached hydrogens (tertiary/aromatic N) is 1. The van der Waals surface area contributed by atoms with Crippen LogP contribution in [0, 0.1) is 0 Å². The number of hydrogen-bond acceptors (Lipinski definition) is 2. The van der Waals surface area contributed by atoms with E-state index in [1.54, 1.807) is 12.1 Å². The van der Waals surface area contributed by atoms with Gasteiger partial charge in [0, 0.05) is 17.7 Å². The smallest absolute Gasteiger partial charge is 0.338 e. The van der Waals surface area contributed by atoms with Gasteiger partial charge in [0.25, 0.3) is 0 Å². The van der Waals surface area contributed by atoms with E-state index in [0.717, 1.165) is 6.54 Å². The summed E-state index contributed by atoms with van der Waals surface area (Å²) in [6.07, 6.45) is 3.82. The summed E-state index contributed by atoms with van der Waals surface area (Å²) in [5.41, 5.74) is 1.84. The zero-order valence-electron chi connectivity index (χ0n) is 12.5. The van der Waals surface area contributed by atoms with Crippen LogP contribution in [0.25, 0.3) is 10.8 Å². The van der Waals surface area contributed by atoms with Crippen LogP contribution < -0.4 is 4.57 Å². The second kappa shape index (κ2) is 6.39. The minimum absolute atomic E-state index is 0.278. The van der Waals surface area contributed by atoms with Crippen LogP contribution in [-0.4, -0.2) is 12.6 Å². The fourth-order valence-electron chi connectivity index (χ4n) is 2.54. The van der Waals surface area contributed by atoms with Gasteiger partial charge in [-0.3, -0.25) is 0 Å². The Bertz CT molecular complexity index is 789. The molecule has 0 fully saturated rings. The third-order valence-electron chi connectivity index (χ3n) is 3.64. The van der Waals surface area contributed by atoms with Crippen molar-refractivity contribution < 1.29 is 14.1 Å². The van der Waals surface area contributed by atoms with Gasteiger partial charge in [0.2, 0.25) is 0 Å². The fraction of sp³-hybridized carbons (Fsp3) is 0.158. The van der Waals surface area contributed by atoms with E-state index in [4.69, 9.17) is 4.74 Å². The number of hydrogen-bond donors (Lipinski definition) is 0. The molecule has 0 aliphatic carbocycles. The average molecular weight is 292 g/mol. The van der Waals surface area contributed by atoms with Crippen molar-refractivity contribution in [1.82, 2.24) is 0 Å². The van der Waals surface area contributed by atoms with E-state index >= 15 is 0 Å². The SMILES string of the molecule is CCOC(=O)c1cc[n+](Cc2cccc3ccccc23)cc1. The van der Waals surface area contributed by atoms with E-state index in [1.807, 2.05) is 25.4 Å². The summed E-state index contributed by atoms with van der Waals surface area (Å²) in [7, 11) is 0. The van der Waals surface area contributed by atoms with Gasteiger partial charge < -0.3 is 4.74 Å². The molecular weight excluding hydrogens is 274 g/mol. The van der Waals surface area contributed by atoms with E-state index in [-0.39, 0.29) is 5.97 Å². The summed E-state index contributed by atoms with van der Waals surface area (Å²) in [6, 6.07) is 18.3. The molecule has 3 rings (SSSR count). The van der Waals surface area contributed by atoms with Crippen LogP contribution in [0.4, 0.5) is 0 Å². The number of ether oxygens (including phenoxy) is 1. The Morgan fingerprint density at radius 3 is 2.50 bits per heavy atom. The summed E-state index contributed by atoms with van der Waals surface area (Å²) >= 11 is 0. The second-order valence-corrected chi connectivity index (χ2v) is 5.12. The standard InChI is InChI=1S/C19H18NO2/c1-2-22-19(21)16-10-12-20(13-11-16)14-17-8-5-7-15-6-3-4-9-18(15)17/h3-13H,2,14H2,1H3/q+1. The predicted molar refractivity (Wildman–Crippen MR) is 85.6 cm³/mol. The molecule has 0 unspecified atom stereocenters. The van der Waals surface area contributed by atoms with Gasteiger partial charge in [0.15, 0.2) is 18.9 Å². The van der Waals surface area contributed by atoms with Crippen LogP contribution in [0.15, 0.2) is 67.0 Å². The maximum Gasteiger partial charge on any atom is 0.338 e. The molecule has 3 aromatic rings. The molecule has 0 aliphatic rings. The lowest BCUT2D eigenvalue weighted by Gasteiger charge is -2.04. The lowest BCUT2D eigenvalue weighted by molar-refractivity contribution is -0.688. The number of pyridine rings is 1. The van der Waals surface area contributed by atoms with E-state index in [1.165, 1.54) is 16.3 Å². The Kier molecular flexibility index (Phi) is 4.15. The molecule has 0 bridgehead atoms. The zero-order valence-corrected chi connectivity index (χ0v) is 12.5. The van der Waals surface area contributed by atoms with E-state index in [2.05, 4.69) is 41.0 Å². The third-order valence-corrected chi connectivity index (χ3v) is 3.64. The molecule has 0 saturated carbocycles. The van der Waals surface area contributed by atoms with Gasteiger partial charge >= 0.3 is 5.97 Å². The monoisotopic (exact) mass is 292 g/mol. The topological polar surface area (TPSA) is 30.2 Å². The van der Waals surface area contributed by atoms with Gasteiger partial charge in [-0.05, 0) is 17.7 Å². The van der Waals surface area contributed by atoms with Crippen molar-refractivity contribution in [1.29, 1.82) is 0 Å². The summed E-state index contributed by atoms with van der Waals surface area (Å²) < 4.78 is 7.06. The molecule has 3 nitrogen and oxygen atoms in total. The quantitative estimate of drug-likeness (QED) is 0.545. The van der Waals surface area contributed by atoms with Crippen molar-refractivity contribution in [2.75, 3.05) is 6.61 Å². The van der Waals surface area contributed by atoms with Gasteiger partial charge in [0.05, 0.1) is 12.2 Å². The maximum absolute atomic E-state index is 11.7. The molecule has 2 aromatic carbocycles. The summed E-state index contributed by atoms with van der Waals surface area (Å²) in [4.78, 5) is 11.7. The Morgan fingerprint density at radius 1 is 1.00 bits per heavy atom. The number of benzene rings is 2. The lowest BCUT2D eigenvalue weighted by Crippen LogP contribution is -2.33. The first kappa shape index (κ1) is 14.3. The second-order valence-electron chi connectivity index (χ2n) is 5.12. The van der Waals surface area contributed by atoms with Gasteiger partial charge in [-0.15, -0.1) is 0 Å². The number of aromatic nitrogens is 1. The number of esters is 1. The largest absolute Gasteiger partial charge is 0.462 e. The zero-order chi connectivity index (χ0) is 15.4. The van der Waals surface area contributed by atoms with Crippen molar-refractivity contribution >= 4 is 16.7 Å². The fourth-order valence-corrected chi connectivity index (χ4v) is 2.54. The van der Waals surface area contributed by atoms with Crippen LogP contribution in [0.2, 0.25) is 0 Å².